The first-order valence-electron chi connectivity index (χ1n) is 11.6. The molecule has 0 aliphatic carbocycles. The van der Waals surface area contributed by atoms with Gasteiger partial charge in [0.25, 0.3) is 0 Å². The molecular formula is C23H45NO6SSi2. The second-order valence-corrected chi connectivity index (χ2v) is 15.3. The van der Waals surface area contributed by atoms with E-state index in [-0.39, 0.29) is 5.22 Å². The molecule has 1 heterocycles. The Kier molecular flexibility index (Phi) is 14.6. The Morgan fingerprint density at radius 2 is 1.61 bits per heavy atom. The summed E-state index contributed by atoms with van der Waals surface area (Å²) in [5.41, 5.74) is 7.11. The van der Waals surface area contributed by atoms with Crippen LogP contribution in [0.3, 0.4) is 0 Å². The van der Waals surface area contributed by atoms with E-state index in [9.17, 15) is 0 Å². The van der Waals surface area contributed by atoms with Gasteiger partial charge in [-0.15, -0.1) is 0 Å². The van der Waals surface area contributed by atoms with Gasteiger partial charge in [0.2, 0.25) is 0 Å². The summed E-state index contributed by atoms with van der Waals surface area (Å²) in [6, 6.07) is 12.4. The van der Waals surface area contributed by atoms with Crippen molar-refractivity contribution in [1.29, 1.82) is 0 Å². The number of rotatable bonds is 13. The van der Waals surface area contributed by atoms with Crippen LogP contribution in [-0.4, -0.2) is 77.5 Å². The van der Waals surface area contributed by atoms with E-state index in [1.54, 1.807) is 42.7 Å². The summed E-state index contributed by atoms with van der Waals surface area (Å²) in [4.78, 5) is 0. The molecule has 0 aromatic heterocycles. The minimum absolute atomic E-state index is 0.297. The predicted octanol–water partition coefficient (Wildman–Crippen LogP) is 4.15. The standard InChI is InChI=1S/C17H29NO3Si.C6H16O3SSi/c1-19-17(12-8-13-18)16(15-9-5-4-6-10-15)11-7-14-22(17,20-2)21-3;1-7-11(8-2,9-3)6-4-5-10/h4-6,9-10,16H,7-8,11-14,18H2,1-3H3;10H,4-6H2,1-3H3. The molecule has 0 saturated carbocycles. The molecule has 1 aliphatic heterocycles. The van der Waals surface area contributed by atoms with E-state index in [1.807, 2.05) is 0 Å². The van der Waals surface area contributed by atoms with Gasteiger partial charge in [0, 0.05) is 54.6 Å². The molecule has 192 valence electrons. The number of hydrogen-bond acceptors (Lipinski definition) is 8. The van der Waals surface area contributed by atoms with Gasteiger partial charge in [-0.25, -0.2) is 0 Å². The maximum atomic E-state index is 6.20. The molecule has 1 saturated heterocycles. The van der Waals surface area contributed by atoms with E-state index in [0.717, 1.165) is 49.9 Å². The third kappa shape index (κ3) is 7.36. The van der Waals surface area contributed by atoms with Gasteiger partial charge in [-0.3, -0.25) is 0 Å². The number of methoxy groups -OCH3 is 1. The molecular weight excluding hydrogens is 474 g/mol. The summed E-state index contributed by atoms with van der Waals surface area (Å²) in [6.45, 7) is 0.657. The van der Waals surface area contributed by atoms with E-state index in [4.69, 9.17) is 32.6 Å². The third-order valence-electron chi connectivity index (χ3n) is 6.76. The molecule has 0 radical (unpaired) electrons. The van der Waals surface area contributed by atoms with Crippen LogP contribution >= 0.6 is 12.6 Å². The number of benzene rings is 1. The Bertz CT molecular complexity index is 628. The van der Waals surface area contributed by atoms with Gasteiger partial charge in [-0.05, 0) is 49.6 Å². The first-order valence-corrected chi connectivity index (χ1v) is 16.2. The molecule has 10 heteroatoms. The highest BCUT2D eigenvalue weighted by atomic mass is 32.1. The highest BCUT2D eigenvalue weighted by molar-refractivity contribution is 7.80. The second-order valence-electron chi connectivity index (χ2n) is 8.13. The highest BCUT2D eigenvalue weighted by Crippen LogP contribution is 2.50. The average Bonchev–Trinajstić information content (AvgIpc) is 2.89. The van der Waals surface area contributed by atoms with Crippen molar-refractivity contribution in [2.45, 2.75) is 55.3 Å². The molecule has 1 aliphatic rings. The van der Waals surface area contributed by atoms with Gasteiger partial charge >= 0.3 is 17.4 Å². The number of thiol groups is 1. The maximum Gasteiger partial charge on any atom is 0.500 e. The minimum Gasteiger partial charge on any atom is -0.396 e. The summed E-state index contributed by atoms with van der Waals surface area (Å²) >= 11 is 4.10. The lowest BCUT2D eigenvalue weighted by molar-refractivity contribution is -0.0306. The van der Waals surface area contributed by atoms with Crippen LogP contribution in [0, 0.1) is 0 Å². The van der Waals surface area contributed by atoms with E-state index >= 15 is 0 Å². The monoisotopic (exact) mass is 519 g/mol. The van der Waals surface area contributed by atoms with Crippen molar-refractivity contribution < 1.29 is 26.9 Å². The lowest BCUT2D eigenvalue weighted by Crippen LogP contribution is -2.67. The Labute approximate surface area is 208 Å². The molecule has 2 rings (SSSR count). The summed E-state index contributed by atoms with van der Waals surface area (Å²) < 4.78 is 33.9. The van der Waals surface area contributed by atoms with Crippen LogP contribution in [0.5, 0.6) is 0 Å². The second kappa shape index (κ2) is 15.7. The van der Waals surface area contributed by atoms with Crippen molar-refractivity contribution in [2.24, 2.45) is 5.73 Å². The quantitative estimate of drug-likeness (QED) is 0.299. The van der Waals surface area contributed by atoms with Gasteiger partial charge in [0.1, 0.15) is 5.22 Å². The molecule has 0 bridgehead atoms. The Balaban J connectivity index is 0.000000420. The lowest BCUT2D eigenvalue weighted by atomic mass is 9.85. The molecule has 0 spiro atoms. The summed E-state index contributed by atoms with van der Waals surface area (Å²) in [7, 11) is 5.47. The van der Waals surface area contributed by atoms with Crippen LogP contribution in [0.1, 0.15) is 43.6 Å². The molecule has 1 fully saturated rings. The lowest BCUT2D eigenvalue weighted by Gasteiger charge is -2.52. The van der Waals surface area contributed by atoms with Crippen LogP contribution in [0.2, 0.25) is 12.1 Å². The van der Waals surface area contributed by atoms with Crippen molar-refractivity contribution in [3.05, 3.63) is 35.9 Å². The largest absolute Gasteiger partial charge is 0.500 e. The van der Waals surface area contributed by atoms with Crippen molar-refractivity contribution in [1.82, 2.24) is 0 Å². The normalized spacial score (nSPS) is 22.5. The Hall–Kier alpha value is -0.276. The van der Waals surface area contributed by atoms with Gasteiger partial charge in [-0.2, -0.15) is 12.6 Å². The molecule has 2 N–H and O–H groups in total. The Morgan fingerprint density at radius 1 is 1.00 bits per heavy atom. The van der Waals surface area contributed by atoms with Crippen molar-refractivity contribution >= 4 is 30.0 Å². The number of ether oxygens (including phenoxy) is 1. The van der Waals surface area contributed by atoms with Crippen LogP contribution < -0.4 is 5.73 Å². The maximum absolute atomic E-state index is 6.20. The fourth-order valence-corrected chi connectivity index (χ4v) is 11.2. The summed E-state index contributed by atoms with van der Waals surface area (Å²) in [5, 5.41) is -0.379. The van der Waals surface area contributed by atoms with Crippen molar-refractivity contribution in [3.8, 4) is 0 Å². The van der Waals surface area contributed by atoms with Crippen LogP contribution in [-0.2, 0) is 26.9 Å². The first kappa shape index (κ1) is 30.8. The molecule has 2 atom stereocenters. The van der Waals surface area contributed by atoms with Gasteiger partial charge in [0.05, 0.1) is 0 Å². The summed E-state index contributed by atoms with van der Waals surface area (Å²) in [5.74, 6) is 1.13. The number of nitrogens with two attached hydrogens (primary N) is 1. The van der Waals surface area contributed by atoms with E-state index in [0.29, 0.717) is 12.5 Å². The SMILES string of the molecule is COC1(CCCN)C(c2ccccc2)CCC[Si]1(OC)OC.CO[Si](CCCS)(OC)OC. The fraction of sp³-hybridized carbons (Fsp3) is 0.739. The van der Waals surface area contributed by atoms with Crippen LogP contribution in [0.15, 0.2) is 30.3 Å². The van der Waals surface area contributed by atoms with E-state index in [2.05, 4.69) is 43.0 Å². The topological polar surface area (TPSA) is 81.4 Å². The fourth-order valence-electron chi connectivity index (χ4n) is 4.98. The number of hydrogen-bond donors (Lipinski definition) is 2. The average molecular weight is 520 g/mol. The van der Waals surface area contributed by atoms with Crippen molar-refractivity contribution in [2.75, 3.05) is 55.0 Å². The van der Waals surface area contributed by atoms with Crippen LogP contribution in [0.25, 0.3) is 0 Å². The molecule has 0 amide bonds. The molecule has 1 aromatic rings. The smallest absolute Gasteiger partial charge is 0.396 e. The molecule has 33 heavy (non-hydrogen) atoms. The highest BCUT2D eigenvalue weighted by Gasteiger charge is 2.63. The Morgan fingerprint density at radius 3 is 2.06 bits per heavy atom. The van der Waals surface area contributed by atoms with Crippen LogP contribution in [0.4, 0.5) is 0 Å². The molecule has 1 aromatic carbocycles. The van der Waals surface area contributed by atoms with E-state index in [1.165, 1.54) is 5.56 Å². The zero-order valence-electron chi connectivity index (χ0n) is 21.3. The van der Waals surface area contributed by atoms with Gasteiger partial charge < -0.3 is 32.6 Å². The zero-order valence-corrected chi connectivity index (χ0v) is 24.2. The predicted molar refractivity (Wildman–Crippen MR) is 141 cm³/mol. The minimum atomic E-state index is -2.47. The zero-order chi connectivity index (χ0) is 24.8. The molecule has 7 nitrogen and oxygen atoms in total. The van der Waals surface area contributed by atoms with Crippen molar-refractivity contribution in [3.63, 3.8) is 0 Å². The first-order chi connectivity index (χ1) is 15.9. The molecule has 2 unspecified atom stereocenters. The third-order valence-corrected chi connectivity index (χ3v) is 14.3. The summed E-state index contributed by atoms with van der Waals surface area (Å²) in [6.07, 6.45) is 4.97. The van der Waals surface area contributed by atoms with Gasteiger partial charge in [0.15, 0.2) is 0 Å². The van der Waals surface area contributed by atoms with Gasteiger partial charge in [-0.1, -0.05) is 36.8 Å². The van der Waals surface area contributed by atoms with E-state index < -0.39 is 17.4 Å².